The highest BCUT2D eigenvalue weighted by Crippen LogP contribution is 2.23. The van der Waals surface area contributed by atoms with Crippen molar-refractivity contribution in [1.29, 1.82) is 0 Å². The molecule has 0 aromatic heterocycles. The van der Waals surface area contributed by atoms with Crippen molar-refractivity contribution >= 4 is 18.4 Å². The Hall–Kier alpha value is -1.43. The summed E-state index contributed by atoms with van der Waals surface area (Å²) in [5, 5.41) is 3.41. The third kappa shape index (κ3) is 1.85. The molecule has 0 spiro atoms. The molecule has 6 nitrogen and oxygen atoms in total. The molecule has 0 aromatic carbocycles. The van der Waals surface area contributed by atoms with Crippen molar-refractivity contribution in [3.8, 4) is 0 Å². The van der Waals surface area contributed by atoms with E-state index >= 15 is 0 Å². The lowest BCUT2D eigenvalue weighted by molar-refractivity contribution is -0.172. The molecule has 0 aromatic rings. The molecule has 0 saturated carbocycles. The molecule has 0 bridgehead atoms. The lowest BCUT2D eigenvalue weighted by Crippen LogP contribution is -2.57. The van der Waals surface area contributed by atoms with E-state index in [2.05, 4.69) is 11.4 Å². The third-order valence-corrected chi connectivity index (χ3v) is 2.25. The second-order valence-corrected chi connectivity index (χ2v) is 3.36. The standard InChI is InChI=1S/C9H13N2O4/c1-11(2)8(13)9(6-12,14-3)7-4-5-10-15-7/h6-7H,4H2,1-3H3. The molecular weight excluding hydrogens is 200 g/mol. The molecule has 1 aliphatic heterocycles. The predicted molar refractivity (Wildman–Crippen MR) is 51.4 cm³/mol. The maximum atomic E-state index is 11.8. The number of amides is 1. The minimum absolute atomic E-state index is 0.256. The molecule has 1 amide bonds. The average molecular weight is 213 g/mol. The number of ether oxygens (including phenoxy) is 1. The molecule has 6 heteroatoms. The Morgan fingerprint density at radius 2 is 2.40 bits per heavy atom. The van der Waals surface area contributed by atoms with Gasteiger partial charge in [-0.25, -0.2) is 0 Å². The molecule has 83 valence electrons. The van der Waals surface area contributed by atoms with Crippen LogP contribution in [0.5, 0.6) is 0 Å². The molecule has 15 heavy (non-hydrogen) atoms. The second-order valence-electron chi connectivity index (χ2n) is 3.36. The first-order valence-electron chi connectivity index (χ1n) is 4.40. The average Bonchev–Trinajstić information content (AvgIpc) is 2.74. The Kier molecular flexibility index (Phi) is 3.41. The van der Waals surface area contributed by atoms with Crippen LogP contribution in [-0.2, 0) is 19.2 Å². The van der Waals surface area contributed by atoms with Gasteiger partial charge >= 0.3 is 0 Å². The Morgan fingerprint density at radius 1 is 1.73 bits per heavy atom. The van der Waals surface area contributed by atoms with Crippen molar-refractivity contribution in [1.82, 2.24) is 4.90 Å². The molecule has 1 heterocycles. The van der Waals surface area contributed by atoms with Crippen LogP contribution >= 0.6 is 0 Å². The van der Waals surface area contributed by atoms with E-state index in [0.29, 0.717) is 6.29 Å². The van der Waals surface area contributed by atoms with Crippen LogP contribution in [0.3, 0.4) is 0 Å². The first-order valence-corrected chi connectivity index (χ1v) is 4.40. The van der Waals surface area contributed by atoms with E-state index in [0.717, 1.165) is 0 Å². The minimum atomic E-state index is -1.63. The summed E-state index contributed by atoms with van der Waals surface area (Å²) in [5.74, 6) is -0.469. The predicted octanol–water partition coefficient (Wildman–Crippen LogP) is -0.690. The van der Waals surface area contributed by atoms with Gasteiger partial charge in [0.25, 0.3) is 5.91 Å². The van der Waals surface area contributed by atoms with E-state index in [-0.39, 0.29) is 6.42 Å². The van der Waals surface area contributed by atoms with Crippen LogP contribution in [-0.4, -0.2) is 56.2 Å². The summed E-state index contributed by atoms with van der Waals surface area (Å²) in [7, 11) is 4.37. The number of carbonyl (C=O) groups excluding carboxylic acids is 2. The number of rotatable bonds is 4. The highest BCUT2D eigenvalue weighted by atomic mass is 16.7. The number of hydrogen-bond donors (Lipinski definition) is 0. The molecular formula is C9H13N2O4. The molecule has 0 aliphatic carbocycles. The number of hydrogen-bond acceptors (Lipinski definition) is 5. The summed E-state index contributed by atoms with van der Waals surface area (Å²) in [6.45, 7) is 0. The Labute approximate surface area is 87.8 Å². The maximum absolute atomic E-state index is 11.8. The lowest BCUT2D eigenvalue weighted by atomic mass is 9.94. The van der Waals surface area contributed by atoms with E-state index in [1.165, 1.54) is 12.0 Å². The Morgan fingerprint density at radius 3 is 2.73 bits per heavy atom. The van der Waals surface area contributed by atoms with Gasteiger partial charge in [-0.3, -0.25) is 9.59 Å². The van der Waals surface area contributed by atoms with Gasteiger partial charge in [-0.15, -0.1) is 0 Å². The van der Waals surface area contributed by atoms with Crippen molar-refractivity contribution in [3.63, 3.8) is 0 Å². The van der Waals surface area contributed by atoms with Gasteiger partial charge in [-0.05, 0) is 0 Å². The van der Waals surface area contributed by atoms with Crippen molar-refractivity contribution in [2.75, 3.05) is 21.2 Å². The van der Waals surface area contributed by atoms with E-state index < -0.39 is 17.6 Å². The fourth-order valence-corrected chi connectivity index (χ4v) is 1.37. The summed E-state index contributed by atoms with van der Waals surface area (Å²) in [5.41, 5.74) is -1.63. The summed E-state index contributed by atoms with van der Waals surface area (Å²) >= 11 is 0. The number of likely N-dealkylation sites (N-methyl/N-ethyl adjacent to an activating group) is 1. The van der Waals surface area contributed by atoms with Crippen LogP contribution in [0.2, 0.25) is 0 Å². The fourth-order valence-electron chi connectivity index (χ4n) is 1.37. The van der Waals surface area contributed by atoms with E-state index in [9.17, 15) is 9.59 Å². The zero-order chi connectivity index (χ0) is 11.5. The van der Waals surface area contributed by atoms with Gasteiger partial charge in [0.2, 0.25) is 5.60 Å². The number of carbonyl (C=O) groups is 2. The fraction of sp³-hybridized carbons (Fsp3) is 0.667. The number of aldehydes is 1. The van der Waals surface area contributed by atoms with Crippen LogP contribution in [0.1, 0.15) is 6.42 Å². The van der Waals surface area contributed by atoms with Crippen LogP contribution in [0.15, 0.2) is 5.16 Å². The van der Waals surface area contributed by atoms with Crippen LogP contribution in [0.25, 0.3) is 0 Å². The van der Waals surface area contributed by atoms with Crippen molar-refractivity contribution in [2.24, 2.45) is 5.16 Å². The van der Waals surface area contributed by atoms with Gasteiger partial charge in [0.15, 0.2) is 12.4 Å². The lowest BCUT2D eigenvalue weighted by Gasteiger charge is -2.31. The molecule has 2 atom stereocenters. The summed E-state index contributed by atoms with van der Waals surface area (Å²) in [6, 6.07) is 0. The minimum Gasteiger partial charge on any atom is -0.388 e. The maximum Gasteiger partial charge on any atom is 0.265 e. The number of nitrogens with zero attached hydrogens (tertiary/aromatic N) is 2. The molecule has 1 rings (SSSR count). The SMILES string of the molecule is COC(C=O)(C(=O)N(C)C)C1C[C]=NO1. The largest absolute Gasteiger partial charge is 0.388 e. The molecule has 2 unspecified atom stereocenters. The molecule has 0 saturated heterocycles. The van der Waals surface area contributed by atoms with Crippen LogP contribution in [0, 0.1) is 0 Å². The molecule has 0 fully saturated rings. The zero-order valence-corrected chi connectivity index (χ0v) is 8.89. The monoisotopic (exact) mass is 213 g/mol. The smallest absolute Gasteiger partial charge is 0.265 e. The first-order chi connectivity index (χ1) is 7.08. The van der Waals surface area contributed by atoms with Gasteiger partial charge in [0.1, 0.15) is 6.21 Å². The van der Waals surface area contributed by atoms with Gasteiger partial charge in [-0.2, -0.15) is 0 Å². The van der Waals surface area contributed by atoms with Crippen LogP contribution in [0.4, 0.5) is 0 Å². The molecule has 1 aliphatic rings. The van der Waals surface area contributed by atoms with Gasteiger partial charge in [-0.1, -0.05) is 5.16 Å². The highest BCUT2D eigenvalue weighted by Gasteiger charge is 2.50. The van der Waals surface area contributed by atoms with Gasteiger partial charge in [0.05, 0.1) is 0 Å². The van der Waals surface area contributed by atoms with E-state index in [1.54, 1.807) is 14.1 Å². The highest BCUT2D eigenvalue weighted by molar-refractivity contribution is 6.01. The summed E-state index contributed by atoms with van der Waals surface area (Å²) in [4.78, 5) is 29.1. The molecule has 0 N–H and O–H groups in total. The topological polar surface area (TPSA) is 68.2 Å². The van der Waals surface area contributed by atoms with Gasteiger partial charge < -0.3 is 14.5 Å². The van der Waals surface area contributed by atoms with E-state index in [1.807, 2.05) is 0 Å². The van der Waals surface area contributed by atoms with Crippen molar-refractivity contribution < 1.29 is 19.2 Å². The zero-order valence-electron chi connectivity index (χ0n) is 8.89. The first kappa shape index (κ1) is 11.6. The third-order valence-electron chi connectivity index (χ3n) is 2.25. The van der Waals surface area contributed by atoms with Crippen LogP contribution < -0.4 is 0 Å². The summed E-state index contributed by atoms with van der Waals surface area (Å²) < 4.78 is 5.01. The second kappa shape index (κ2) is 4.39. The molecule has 1 radical (unpaired) electrons. The summed E-state index contributed by atoms with van der Waals surface area (Å²) in [6.07, 6.45) is 2.50. The van der Waals surface area contributed by atoms with Gasteiger partial charge in [0, 0.05) is 27.6 Å². The normalized spacial score (nSPS) is 23.0. The Balaban J connectivity index is 2.96. The van der Waals surface area contributed by atoms with E-state index in [4.69, 9.17) is 9.57 Å². The Bertz CT molecular complexity index is 282. The van der Waals surface area contributed by atoms with Crippen molar-refractivity contribution in [3.05, 3.63) is 0 Å². The quantitative estimate of drug-likeness (QED) is 0.458. The van der Waals surface area contributed by atoms with Crippen molar-refractivity contribution in [2.45, 2.75) is 18.1 Å². The number of methoxy groups -OCH3 is 1.